The van der Waals surface area contributed by atoms with Crippen LogP contribution in [0.15, 0.2) is 23.4 Å². The number of esters is 1. The number of nitrogen functional groups attached to an aromatic ring is 1. The monoisotopic (exact) mass is 392 g/mol. The topological polar surface area (TPSA) is 105 Å². The zero-order valence-electron chi connectivity index (χ0n) is 13.1. The van der Waals surface area contributed by atoms with Crippen molar-refractivity contribution in [2.75, 3.05) is 12.3 Å². The normalized spacial score (nSPS) is 10.8. The number of hydrogen-bond acceptors (Lipinski definition) is 7. The lowest BCUT2D eigenvalue weighted by Crippen LogP contribution is -2.05. The van der Waals surface area contributed by atoms with E-state index in [2.05, 4.69) is 16.0 Å². The fourth-order valence-corrected chi connectivity index (χ4v) is 4.38. The zero-order valence-corrected chi connectivity index (χ0v) is 15.5. The molecule has 0 unspecified atom stereocenters. The van der Waals surface area contributed by atoms with Crippen molar-refractivity contribution in [3.05, 3.63) is 39.2 Å². The van der Waals surface area contributed by atoms with E-state index in [4.69, 9.17) is 22.1 Å². The SMILES string of the molecule is CCOC(=O)c1sc(N)c(C#N)c1CSc1nc2ccc(Cl)cc2[nH]1. The van der Waals surface area contributed by atoms with Gasteiger partial charge in [0.05, 0.1) is 23.2 Å². The van der Waals surface area contributed by atoms with Crippen LogP contribution in [-0.4, -0.2) is 22.5 Å². The molecule has 0 spiro atoms. The molecule has 2 heterocycles. The number of H-pyrrole nitrogens is 1. The number of hydrogen-bond donors (Lipinski definition) is 2. The van der Waals surface area contributed by atoms with Crippen LogP contribution in [-0.2, 0) is 10.5 Å². The standard InChI is InChI=1S/C16H13ClN4O2S2/c1-2-23-15(22)13-10(9(6-18)14(19)25-13)7-24-16-20-11-4-3-8(17)5-12(11)21-16/h3-5H,2,7,19H2,1H3,(H,20,21). The van der Waals surface area contributed by atoms with Crippen molar-refractivity contribution in [1.82, 2.24) is 9.97 Å². The van der Waals surface area contributed by atoms with Gasteiger partial charge >= 0.3 is 5.97 Å². The Morgan fingerprint density at radius 1 is 1.56 bits per heavy atom. The Morgan fingerprint density at radius 3 is 3.08 bits per heavy atom. The van der Waals surface area contributed by atoms with E-state index in [1.165, 1.54) is 11.8 Å². The second-order valence-corrected chi connectivity index (χ2v) is 7.43. The summed E-state index contributed by atoms with van der Waals surface area (Å²) in [5, 5.41) is 10.9. The third-order valence-electron chi connectivity index (χ3n) is 3.38. The lowest BCUT2D eigenvalue weighted by atomic mass is 10.2. The molecule has 0 radical (unpaired) electrons. The number of benzene rings is 1. The second kappa shape index (κ2) is 7.35. The first-order valence-electron chi connectivity index (χ1n) is 7.30. The van der Waals surface area contributed by atoms with E-state index >= 15 is 0 Å². The van der Waals surface area contributed by atoms with E-state index in [0.29, 0.717) is 36.9 Å². The van der Waals surface area contributed by atoms with Crippen LogP contribution >= 0.6 is 34.7 Å². The highest BCUT2D eigenvalue weighted by molar-refractivity contribution is 7.98. The highest BCUT2D eigenvalue weighted by Crippen LogP contribution is 2.35. The predicted molar refractivity (Wildman–Crippen MR) is 100 cm³/mol. The third kappa shape index (κ3) is 3.58. The minimum Gasteiger partial charge on any atom is -0.462 e. The number of nitriles is 1. The highest BCUT2D eigenvalue weighted by atomic mass is 35.5. The zero-order chi connectivity index (χ0) is 18.0. The molecule has 0 saturated heterocycles. The first kappa shape index (κ1) is 17.6. The van der Waals surface area contributed by atoms with Gasteiger partial charge in [0.15, 0.2) is 5.16 Å². The molecular formula is C16H13ClN4O2S2. The maximum absolute atomic E-state index is 12.1. The Balaban J connectivity index is 1.88. The van der Waals surface area contributed by atoms with Gasteiger partial charge in [0.25, 0.3) is 0 Å². The molecule has 0 saturated carbocycles. The van der Waals surface area contributed by atoms with Gasteiger partial charge in [-0.25, -0.2) is 9.78 Å². The predicted octanol–water partition coefficient (Wildman–Crippen LogP) is 4.20. The summed E-state index contributed by atoms with van der Waals surface area (Å²) in [6, 6.07) is 7.45. The summed E-state index contributed by atoms with van der Waals surface area (Å²) in [7, 11) is 0. The number of rotatable bonds is 5. The molecule has 128 valence electrons. The number of carbonyl (C=O) groups excluding carboxylic acids is 1. The minimum atomic E-state index is -0.465. The van der Waals surface area contributed by atoms with E-state index in [0.717, 1.165) is 22.4 Å². The number of ether oxygens (including phenoxy) is 1. The first-order chi connectivity index (χ1) is 12.0. The van der Waals surface area contributed by atoms with E-state index in [1.807, 2.05) is 6.07 Å². The van der Waals surface area contributed by atoms with E-state index in [1.54, 1.807) is 19.1 Å². The number of halogens is 1. The molecule has 0 bridgehead atoms. The molecule has 2 aromatic heterocycles. The lowest BCUT2D eigenvalue weighted by molar-refractivity contribution is 0.0531. The number of fused-ring (bicyclic) bond motifs is 1. The fourth-order valence-electron chi connectivity index (χ4n) is 2.27. The average molecular weight is 393 g/mol. The van der Waals surface area contributed by atoms with Crippen molar-refractivity contribution in [1.29, 1.82) is 5.26 Å². The molecule has 0 fully saturated rings. The van der Waals surface area contributed by atoms with Crippen molar-refractivity contribution < 1.29 is 9.53 Å². The molecule has 3 N–H and O–H groups in total. The molecule has 9 heteroatoms. The van der Waals surface area contributed by atoms with Gasteiger partial charge in [-0.1, -0.05) is 23.4 Å². The molecule has 3 rings (SSSR count). The Labute approximate surface area is 156 Å². The molecular weight excluding hydrogens is 380 g/mol. The summed E-state index contributed by atoms with van der Waals surface area (Å²) in [6.07, 6.45) is 0. The van der Waals surface area contributed by atoms with Crippen LogP contribution in [0.5, 0.6) is 0 Å². The summed E-state index contributed by atoms with van der Waals surface area (Å²) in [6.45, 7) is 1.99. The molecule has 0 aliphatic heterocycles. The number of nitrogens with two attached hydrogens (primary N) is 1. The summed E-state index contributed by atoms with van der Waals surface area (Å²) in [5.41, 5.74) is 8.39. The van der Waals surface area contributed by atoms with Crippen LogP contribution < -0.4 is 5.73 Å². The van der Waals surface area contributed by atoms with Crippen molar-refractivity contribution in [3.8, 4) is 6.07 Å². The van der Waals surface area contributed by atoms with Gasteiger partial charge in [0, 0.05) is 16.3 Å². The molecule has 25 heavy (non-hydrogen) atoms. The van der Waals surface area contributed by atoms with Crippen LogP contribution in [0.1, 0.15) is 27.7 Å². The Kier molecular flexibility index (Phi) is 5.18. The van der Waals surface area contributed by atoms with Crippen LogP contribution in [0.25, 0.3) is 11.0 Å². The maximum atomic E-state index is 12.1. The molecule has 3 aromatic rings. The smallest absolute Gasteiger partial charge is 0.348 e. The minimum absolute atomic E-state index is 0.259. The number of nitrogens with zero attached hydrogens (tertiary/aromatic N) is 2. The fraction of sp³-hybridized carbons (Fsp3) is 0.188. The molecule has 0 aliphatic rings. The van der Waals surface area contributed by atoms with Crippen LogP contribution in [0.4, 0.5) is 5.00 Å². The van der Waals surface area contributed by atoms with Crippen LogP contribution in [0.2, 0.25) is 5.02 Å². The average Bonchev–Trinajstić information content (AvgIpc) is 3.12. The van der Waals surface area contributed by atoms with Gasteiger partial charge in [0.2, 0.25) is 0 Å². The number of aromatic nitrogens is 2. The Hall–Kier alpha value is -2.21. The van der Waals surface area contributed by atoms with Crippen molar-refractivity contribution in [2.24, 2.45) is 0 Å². The summed E-state index contributed by atoms with van der Waals surface area (Å²) in [4.78, 5) is 20.1. The number of nitrogens with one attached hydrogen (secondary N) is 1. The number of anilines is 1. The van der Waals surface area contributed by atoms with Crippen molar-refractivity contribution in [2.45, 2.75) is 17.8 Å². The van der Waals surface area contributed by atoms with E-state index in [-0.39, 0.29) is 6.61 Å². The van der Waals surface area contributed by atoms with Crippen LogP contribution in [0.3, 0.4) is 0 Å². The number of aromatic amines is 1. The summed E-state index contributed by atoms with van der Waals surface area (Å²) >= 11 is 8.43. The maximum Gasteiger partial charge on any atom is 0.348 e. The molecule has 0 aliphatic carbocycles. The number of imidazole rings is 1. The highest BCUT2D eigenvalue weighted by Gasteiger charge is 2.23. The van der Waals surface area contributed by atoms with Gasteiger partial charge in [-0.3, -0.25) is 0 Å². The van der Waals surface area contributed by atoms with Gasteiger partial charge in [0.1, 0.15) is 15.9 Å². The van der Waals surface area contributed by atoms with E-state index < -0.39 is 5.97 Å². The Bertz CT molecular complexity index is 990. The van der Waals surface area contributed by atoms with Gasteiger partial charge in [-0.05, 0) is 25.1 Å². The second-order valence-electron chi connectivity index (χ2n) is 4.97. The third-order valence-corrected chi connectivity index (χ3v) is 5.56. The molecule has 0 atom stereocenters. The largest absolute Gasteiger partial charge is 0.462 e. The summed E-state index contributed by atoms with van der Waals surface area (Å²) in [5.74, 6) is -0.0918. The molecule has 1 aromatic carbocycles. The van der Waals surface area contributed by atoms with Crippen molar-refractivity contribution >= 4 is 56.7 Å². The van der Waals surface area contributed by atoms with Crippen LogP contribution in [0, 0.1) is 11.3 Å². The summed E-state index contributed by atoms with van der Waals surface area (Å²) < 4.78 is 5.05. The van der Waals surface area contributed by atoms with E-state index in [9.17, 15) is 10.1 Å². The Morgan fingerprint density at radius 2 is 2.36 bits per heavy atom. The quantitative estimate of drug-likeness (QED) is 0.498. The molecule has 6 nitrogen and oxygen atoms in total. The molecule has 0 amide bonds. The number of thiophene rings is 1. The van der Waals surface area contributed by atoms with Gasteiger partial charge in [-0.2, -0.15) is 5.26 Å². The number of thioether (sulfide) groups is 1. The first-order valence-corrected chi connectivity index (χ1v) is 9.48. The van der Waals surface area contributed by atoms with Crippen molar-refractivity contribution in [3.63, 3.8) is 0 Å². The van der Waals surface area contributed by atoms with Gasteiger partial charge in [-0.15, -0.1) is 11.3 Å². The van der Waals surface area contributed by atoms with Gasteiger partial charge < -0.3 is 15.5 Å². The number of carbonyl (C=O) groups is 1. The lowest BCUT2D eigenvalue weighted by Gasteiger charge is -2.03.